The van der Waals surface area contributed by atoms with E-state index in [9.17, 15) is 9.59 Å². The summed E-state index contributed by atoms with van der Waals surface area (Å²) in [6, 6.07) is 41.0. The van der Waals surface area contributed by atoms with Gasteiger partial charge in [0.25, 0.3) is 0 Å². The van der Waals surface area contributed by atoms with Crippen LogP contribution in [0.15, 0.2) is 134 Å². The number of aromatic nitrogens is 6. The topological polar surface area (TPSA) is 114 Å². The number of rotatable bonds is 11. The van der Waals surface area contributed by atoms with E-state index < -0.39 is 5.97 Å². The molecule has 1 saturated carbocycles. The Morgan fingerprint density at radius 3 is 1.55 bits per heavy atom. The highest BCUT2D eigenvalue weighted by atomic mass is 35.5. The smallest absolute Gasteiger partial charge is 0.339 e. The first-order chi connectivity index (χ1) is 28.3. The van der Waals surface area contributed by atoms with Gasteiger partial charge in [0, 0.05) is 55.3 Å². The zero-order valence-electron chi connectivity index (χ0n) is 32.2. The van der Waals surface area contributed by atoms with Crippen molar-refractivity contribution in [3.05, 3.63) is 189 Å². The molecule has 290 valence electrons. The van der Waals surface area contributed by atoms with Crippen molar-refractivity contribution in [2.45, 2.75) is 44.7 Å². The van der Waals surface area contributed by atoms with Gasteiger partial charge in [-0.2, -0.15) is 15.3 Å². The molecule has 1 fully saturated rings. The molecular weight excluding hydrogens is 748 g/mol. The number of halogens is 1. The van der Waals surface area contributed by atoms with Gasteiger partial charge in [-0.05, 0) is 94.4 Å². The maximum Gasteiger partial charge on any atom is 0.339 e. The second-order valence-electron chi connectivity index (χ2n) is 14.4. The van der Waals surface area contributed by atoms with E-state index in [0.717, 1.165) is 53.7 Å². The molecule has 4 heterocycles. The van der Waals surface area contributed by atoms with Crippen LogP contribution in [-0.4, -0.2) is 55.7 Å². The van der Waals surface area contributed by atoms with Gasteiger partial charge in [-0.1, -0.05) is 84.4 Å². The number of esters is 2. The highest BCUT2D eigenvalue weighted by Crippen LogP contribution is 2.39. The normalized spacial score (nSPS) is 12.3. The molecule has 11 heteroatoms. The lowest BCUT2D eigenvalue weighted by Gasteiger charge is -2.09. The monoisotopic (exact) mass is 788 g/mol. The van der Waals surface area contributed by atoms with E-state index in [2.05, 4.69) is 121 Å². The maximum atomic E-state index is 12.3. The zero-order valence-corrected chi connectivity index (χ0v) is 33.0. The van der Waals surface area contributed by atoms with Crippen molar-refractivity contribution in [2.24, 2.45) is 0 Å². The van der Waals surface area contributed by atoms with Gasteiger partial charge in [-0.15, -0.1) is 5.10 Å². The van der Waals surface area contributed by atoms with Gasteiger partial charge in [-0.25, -0.2) is 9.59 Å². The number of nitrogens with zero attached hydrogens (tertiary/aromatic N) is 6. The van der Waals surface area contributed by atoms with Gasteiger partial charge in [0.2, 0.25) is 0 Å². The number of hydrogen-bond acceptors (Lipinski definition) is 8. The molecule has 0 atom stereocenters. The van der Waals surface area contributed by atoms with Crippen LogP contribution < -0.4 is 0 Å². The van der Waals surface area contributed by atoms with Crippen molar-refractivity contribution in [3.8, 4) is 0 Å². The van der Waals surface area contributed by atoms with Crippen LogP contribution in [0.4, 0.5) is 0 Å². The summed E-state index contributed by atoms with van der Waals surface area (Å²) in [5.41, 5.74) is 9.96. The van der Waals surface area contributed by atoms with Crippen LogP contribution in [-0.2, 0) is 35.4 Å². The number of benzene rings is 4. The number of hydrogen-bond donors (Lipinski definition) is 0. The van der Waals surface area contributed by atoms with Crippen molar-refractivity contribution < 1.29 is 19.1 Å². The Morgan fingerprint density at radius 2 is 1.07 bits per heavy atom. The van der Waals surface area contributed by atoms with Gasteiger partial charge in [0.1, 0.15) is 0 Å². The molecule has 10 nitrogen and oxygen atoms in total. The molecule has 9 rings (SSSR count). The van der Waals surface area contributed by atoms with Crippen LogP contribution in [0.25, 0.3) is 21.8 Å². The van der Waals surface area contributed by atoms with Gasteiger partial charge in [0.15, 0.2) is 5.15 Å². The molecule has 0 unspecified atom stereocenters. The lowest BCUT2D eigenvalue weighted by atomic mass is 10.0. The summed E-state index contributed by atoms with van der Waals surface area (Å²) >= 11 is 5.88. The number of ether oxygens (including phenoxy) is 2. The standard InChI is InChI=1S/C25H23N3O2.C22H18ClN3O2/c1-30-25(29)21-15-22(19-8-9-19)26-27-23(21)14-18-7-10-24-20(13-18)11-12-28(24)16-17-5-3-2-4-6-17;1-28-22(27)18-13-21(23)25-24-19(18)12-16-7-8-20-17(11-16)9-10-26(20)14-15-5-3-2-4-6-15/h2-7,10-13,15,19H,8-9,14,16H2,1H3;2-11,13H,12,14H2,1H3. The fourth-order valence-electron chi connectivity index (χ4n) is 7.18. The Bertz CT molecular complexity index is 2730. The van der Waals surface area contributed by atoms with Crippen LogP contribution >= 0.6 is 11.6 Å². The van der Waals surface area contributed by atoms with Crippen molar-refractivity contribution in [1.82, 2.24) is 29.5 Å². The third kappa shape index (κ3) is 8.82. The van der Waals surface area contributed by atoms with E-state index in [1.54, 1.807) is 0 Å². The Hall–Kier alpha value is -6.65. The average Bonchev–Trinajstić information content (AvgIpc) is 3.93. The Kier molecular flexibility index (Phi) is 11.4. The largest absolute Gasteiger partial charge is 0.465 e. The highest BCUT2D eigenvalue weighted by molar-refractivity contribution is 6.29. The summed E-state index contributed by atoms with van der Waals surface area (Å²) in [5, 5.41) is 19.2. The second kappa shape index (κ2) is 17.2. The molecule has 1 aliphatic carbocycles. The van der Waals surface area contributed by atoms with Gasteiger partial charge < -0.3 is 18.6 Å². The molecular formula is C47H41ClN6O4. The first-order valence-electron chi connectivity index (χ1n) is 19.1. The molecule has 0 radical (unpaired) electrons. The molecule has 0 spiro atoms. The SMILES string of the molecule is COC(=O)c1cc(C2CC2)nnc1Cc1ccc2c(ccn2Cc2ccccc2)c1.COC(=O)c1cc(Cl)nnc1Cc1ccc2c(ccn2Cc2ccccc2)c1. The fraction of sp³-hybridized carbons (Fsp3) is 0.191. The van der Waals surface area contributed by atoms with Crippen molar-refractivity contribution in [3.63, 3.8) is 0 Å². The van der Waals surface area contributed by atoms with Crippen LogP contribution in [0.2, 0.25) is 5.15 Å². The van der Waals surface area contributed by atoms with E-state index >= 15 is 0 Å². The molecule has 8 aromatic rings. The third-order valence-electron chi connectivity index (χ3n) is 10.3. The first-order valence-corrected chi connectivity index (χ1v) is 19.5. The summed E-state index contributed by atoms with van der Waals surface area (Å²) in [6.45, 7) is 1.66. The predicted octanol–water partition coefficient (Wildman–Crippen LogP) is 9.24. The summed E-state index contributed by atoms with van der Waals surface area (Å²) in [5.74, 6) is -0.380. The molecule has 58 heavy (non-hydrogen) atoms. The van der Waals surface area contributed by atoms with Crippen molar-refractivity contribution in [1.29, 1.82) is 0 Å². The molecule has 0 aliphatic heterocycles. The molecule has 0 amide bonds. The average molecular weight is 789 g/mol. The highest BCUT2D eigenvalue weighted by Gasteiger charge is 2.28. The lowest BCUT2D eigenvalue weighted by molar-refractivity contribution is 0.0589. The molecule has 1 aliphatic rings. The molecule has 0 bridgehead atoms. The minimum absolute atomic E-state index is 0.164. The van der Waals surface area contributed by atoms with E-state index in [0.29, 0.717) is 41.3 Å². The Labute approximate surface area is 341 Å². The third-order valence-corrected chi connectivity index (χ3v) is 10.5. The van der Waals surface area contributed by atoms with Gasteiger partial charge in [-0.3, -0.25) is 0 Å². The first kappa shape index (κ1) is 38.2. The minimum atomic E-state index is -0.470. The minimum Gasteiger partial charge on any atom is -0.465 e. The summed E-state index contributed by atoms with van der Waals surface area (Å²) in [7, 11) is 2.74. The molecule has 4 aromatic carbocycles. The molecule has 0 saturated heterocycles. The summed E-state index contributed by atoms with van der Waals surface area (Å²) in [6.07, 6.45) is 7.45. The molecule has 0 N–H and O–H groups in total. The van der Waals surface area contributed by atoms with E-state index in [4.69, 9.17) is 21.1 Å². The quantitative estimate of drug-likeness (QED) is 0.119. The Balaban J connectivity index is 0.000000162. The summed E-state index contributed by atoms with van der Waals surface area (Å²) in [4.78, 5) is 24.3. The number of methoxy groups -OCH3 is 2. The predicted molar refractivity (Wildman–Crippen MR) is 224 cm³/mol. The Morgan fingerprint density at radius 1 is 0.586 bits per heavy atom. The second-order valence-corrected chi connectivity index (χ2v) is 14.8. The number of carbonyl (C=O) groups is 2. The van der Waals surface area contributed by atoms with Crippen LogP contribution in [0, 0.1) is 0 Å². The zero-order chi connectivity index (χ0) is 40.0. The maximum absolute atomic E-state index is 12.3. The van der Waals surface area contributed by atoms with Crippen molar-refractivity contribution >= 4 is 45.3 Å². The van der Waals surface area contributed by atoms with Crippen molar-refractivity contribution in [2.75, 3.05) is 14.2 Å². The van der Waals surface area contributed by atoms with Crippen LogP contribution in [0.3, 0.4) is 0 Å². The summed E-state index contributed by atoms with van der Waals surface area (Å²) < 4.78 is 14.3. The number of fused-ring (bicyclic) bond motifs is 2. The van der Waals surface area contributed by atoms with Gasteiger partial charge in [0.05, 0.1) is 42.4 Å². The fourth-order valence-corrected chi connectivity index (χ4v) is 7.33. The van der Waals surface area contributed by atoms with Crippen LogP contribution in [0.1, 0.15) is 78.8 Å². The molecule has 4 aromatic heterocycles. The van der Waals surface area contributed by atoms with E-state index in [1.807, 2.05) is 36.4 Å². The number of carbonyl (C=O) groups excluding carboxylic acids is 2. The van der Waals surface area contributed by atoms with Gasteiger partial charge >= 0.3 is 11.9 Å². The van der Waals surface area contributed by atoms with Crippen LogP contribution in [0.5, 0.6) is 0 Å². The van der Waals surface area contributed by atoms with E-state index in [-0.39, 0.29) is 11.1 Å². The lowest BCUT2D eigenvalue weighted by Crippen LogP contribution is -2.11. The van der Waals surface area contributed by atoms with E-state index in [1.165, 1.54) is 42.3 Å².